The van der Waals surface area contributed by atoms with E-state index in [0.29, 0.717) is 17.9 Å². The van der Waals surface area contributed by atoms with Crippen molar-refractivity contribution in [1.82, 2.24) is 0 Å². The van der Waals surface area contributed by atoms with Gasteiger partial charge in [-0.05, 0) is 59.3 Å². The summed E-state index contributed by atoms with van der Waals surface area (Å²) in [7, 11) is -1.29. The van der Waals surface area contributed by atoms with Crippen molar-refractivity contribution in [3.8, 4) is 0 Å². The normalized spacial score (nSPS) is 27.7. The van der Waals surface area contributed by atoms with E-state index < -0.39 is 81.4 Å². The van der Waals surface area contributed by atoms with Gasteiger partial charge in [-0.1, -0.05) is 126 Å². The fourth-order valence-corrected chi connectivity index (χ4v) is 9.75. The second kappa shape index (κ2) is 20.2. The van der Waals surface area contributed by atoms with E-state index in [1.807, 2.05) is 67.6 Å². The molecule has 13 nitrogen and oxygen atoms in total. The summed E-state index contributed by atoms with van der Waals surface area (Å²) in [6, 6.07) is 26.7. The Hall–Kier alpha value is -4.11. The van der Waals surface area contributed by atoms with Gasteiger partial charge in [-0.3, -0.25) is 0 Å². The highest BCUT2D eigenvalue weighted by molar-refractivity contribution is 6.74. The number of esters is 2. The summed E-state index contributed by atoms with van der Waals surface area (Å²) in [5.74, 6) is -1.64. The molecule has 5 rings (SSSR count). The summed E-state index contributed by atoms with van der Waals surface area (Å²) >= 11 is 0. The maximum absolute atomic E-state index is 13.8. The average Bonchev–Trinajstić information content (AvgIpc) is 3.22. The van der Waals surface area contributed by atoms with Gasteiger partial charge in [0.2, 0.25) is 0 Å². The summed E-state index contributed by atoms with van der Waals surface area (Å²) < 4.78 is 51.8. The van der Waals surface area contributed by atoms with E-state index >= 15 is 0 Å². The number of nitrogens with zero attached hydrogens (tertiary/aromatic N) is 3. The van der Waals surface area contributed by atoms with Gasteiger partial charge in [-0.2, -0.15) is 0 Å². The molecule has 3 aromatic rings. The third kappa shape index (κ3) is 10.5. The molecule has 0 spiro atoms. The molecule has 0 aliphatic carbocycles. The summed E-state index contributed by atoms with van der Waals surface area (Å²) in [5.41, 5.74) is 12.1. The van der Waals surface area contributed by atoms with Crippen LogP contribution >= 0.6 is 0 Å². The molecule has 4 unspecified atom stereocenters. The second-order valence-electron chi connectivity index (χ2n) is 16.3. The van der Waals surface area contributed by atoms with Crippen molar-refractivity contribution >= 4 is 20.3 Å². The Balaban J connectivity index is 1.58. The number of hydrogen-bond donors (Lipinski definition) is 0. The largest absolute Gasteiger partial charge is 0.467 e. The van der Waals surface area contributed by atoms with Crippen LogP contribution in [0.1, 0.15) is 69.4 Å². The highest BCUT2D eigenvalue weighted by Crippen LogP contribution is 2.47. The molecule has 0 N–H and O–H groups in total. The zero-order valence-electron chi connectivity index (χ0n) is 35.1. The Labute approximate surface area is 343 Å². The van der Waals surface area contributed by atoms with Gasteiger partial charge < -0.3 is 37.6 Å². The first kappa shape index (κ1) is 45.0. The van der Waals surface area contributed by atoms with Crippen LogP contribution in [0, 0.1) is 11.8 Å². The number of benzene rings is 3. The summed E-state index contributed by atoms with van der Waals surface area (Å²) in [5, 5.41) is 4.07. The quantitative estimate of drug-likeness (QED) is 0.0424. The van der Waals surface area contributed by atoms with Crippen molar-refractivity contribution in [1.29, 1.82) is 0 Å². The lowest BCUT2D eigenvalue weighted by molar-refractivity contribution is -0.337. The average molecular weight is 818 g/mol. The van der Waals surface area contributed by atoms with Crippen molar-refractivity contribution in [2.45, 2.75) is 135 Å². The molecule has 314 valence electrons. The Morgan fingerprint density at radius 2 is 1.38 bits per heavy atom. The fourth-order valence-electron chi connectivity index (χ4n) is 7.28. The van der Waals surface area contributed by atoms with E-state index in [9.17, 15) is 15.1 Å². The van der Waals surface area contributed by atoms with Crippen LogP contribution in [0.15, 0.2) is 96.1 Å². The van der Waals surface area contributed by atoms with Crippen LogP contribution in [0.2, 0.25) is 18.1 Å². The molecular weight excluding hydrogens is 759 g/mol. The molecule has 0 aromatic heterocycles. The molecule has 2 fully saturated rings. The Kier molecular flexibility index (Phi) is 15.7. The molecular formula is C44H59N3O10Si. The van der Waals surface area contributed by atoms with Crippen LogP contribution in [0.25, 0.3) is 10.4 Å². The number of hydrogen-bond acceptors (Lipinski definition) is 11. The van der Waals surface area contributed by atoms with Crippen LogP contribution in [0.5, 0.6) is 0 Å². The number of azide groups is 1. The number of methoxy groups -OCH3 is 1. The van der Waals surface area contributed by atoms with E-state index in [1.165, 1.54) is 7.11 Å². The third-order valence-corrected chi connectivity index (χ3v) is 16.5. The topological polar surface area (TPSA) is 157 Å². The maximum Gasteiger partial charge on any atom is 0.338 e. The molecule has 0 bridgehead atoms. The Morgan fingerprint density at radius 1 is 0.828 bits per heavy atom. The molecule has 2 aliphatic heterocycles. The number of carbonyl (C=O) groups excluding carboxylic acids is 2. The highest BCUT2D eigenvalue weighted by atomic mass is 28.4. The molecule has 10 atom stereocenters. The van der Waals surface area contributed by atoms with Gasteiger partial charge in [0.25, 0.3) is 0 Å². The molecule has 2 heterocycles. The van der Waals surface area contributed by atoms with Crippen molar-refractivity contribution in [3.05, 3.63) is 118 Å². The fraction of sp³-hybridized carbons (Fsp3) is 0.545. The monoisotopic (exact) mass is 817 g/mol. The predicted molar refractivity (Wildman–Crippen MR) is 220 cm³/mol. The molecule has 0 radical (unpaired) electrons. The minimum Gasteiger partial charge on any atom is -0.467 e. The first-order valence-electron chi connectivity index (χ1n) is 20.1. The number of ether oxygens (including phenoxy) is 7. The van der Waals surface area contributed by atoms with E-state index in [2.05, 4.69) is 50.8 Å². The highest BCUT2D eigenvalue weighted by Gasteiger charge is 2.56. The SMILES string of the molecule is CCC1O[C@@H](O[Si](C)(C)C(C)(C)C(C)C)C(N=[N+]=[N-])[C@H](OCc2ccccc2)[C@@H]1O[C@@H]1OC(C(=O)OC)[C@@H](C)[C@@H](OCc2ccccc2)C1OC(=O)c1ccccc1. The van der Waals surface area contributed by atoms with Crippen LogP contribution in [0.3, 0.4) is 0 Å². The van der Waals surface area contributed by atoms with Gasteiger partial charge in [0, 0.05) is 10.8 Å². The minimum absolute atomic E-state index is 0.146. The first-order chi connectivity index (χ1) is 27.7. The summed E-state index contributed by atoms with van der Waals surface area (Å²) in [4.78, 5) is 30.5. The van der Waals surface area contributed by atoms with Gasteiger partial charge in [-0.15, -0.1) is 0 Å². The van der Waals surface area contributed by atoms with Gasteiger partial charge in [0.1, 0.15) is 24.4 Å². The van der Waals surface area contributed by atoms with Crippen LogP contribution in [-0.4, -0.2) is 82.6 Å². The second-order valence-corrected chi connectivity index (χ2v) is 20.9. The maximum atomic E-state index is 13.8. The van der Waals surface area contributed by atoms with E-state index in [4.69, 9.17) is 37.6 Å². The zero-order chi connectivity index (χ0) is 42.0. The van der Waals surface area contributed by atoms with Gasteiger partial charge in [0.15, 0.2) is 33.1 Å². The molecule has 14 heteroatoms. The minimum atomic E-state index is -2.57. The van der Waals surface area contributed by atoms with E-state index in [-0.39, 0.29) is 18.3 Å². The lowest BCUT2D eigenvalue weighted by Crippen LogP contribution is -2.65. The number of rotatable bonds is 17. The first-order valence-corrected chi connectivity index (χ1v) is 23.0. The van der Waals surface area contributed by atoms with Crippen molar-refractivity contribution < 1.29 is 47.2 Å². The van der Waals surface area contributed by atoms with Gasteiger partial charge >= 0.3 is 11.9 Å². The van der Waals surface area contributed by atoms with Gasteiger partial charge in [-0.25, -0.2) is 9.59 Å². The van der Waals surface area contributed by atoms with Crippen LogP contribution in [0.4, 0.5) is 0 Å². The smallest absolute Gasteiger partial charge is 0.338 e. The van der Waals surface area contributed by atoms with Crippen molar-refractivity contribution in [3.63, 3.8) is 0 Å². The van der Waals surface area contributed by atoms with Crippen molar-refractivity contribution in [2.24, 2.45) is 17.0 Å². The molecule has 2 aliphatic rings. The standard InChI is InChI=1S/C44H59N3O10Si/c1-10-33-37(38(52-27-31-22-16-12-17-23-31)34(46-47-45)42(53-33)57-58(8,9)44(5,6)28(2)3)56-43-39(54-40(48)32-24-18-13-19-25-32)35(29(4)36(55-43)41(49)50-7)51-26-30-20-14-11-15-21-30/h11-25,28-29,33-39,42-43H,10,26-27H2,1-9H3/t29-,33?,34?,35+,36?,37+,38-,39?,42-,43-/m0/s1. The summed E-state index contributed by atoms with van der Waals surface area (Å²) in [6.45, 7) is 17.0. The van der Waals surface area contributed by atoms with E-state index in [1.54, 1.807) is 37.3 Å². The Bertz CT molecular complexity index is 1810. The molecule has 3 aromatic carbocycles. The zero-order valence-corrected chi connectivity index (χ0v) is 36.1. The molecule has 58 heavy (non-hydrogen) atoms. The summed E-state index contributed by atoms with van der Waals surface area (Å²) in [6.07, 6.45) is -7.79. The van der Waals surface area contributed by atoms with Crippen LogP contribution in [-0.2, 0) is 55.6 Å². The lowest BCUT2D eigenvalue weighted by atomic mass is 9.89. The van der Waals surface area contributed by atoms with E-state index in [0.717, 1.165) is 11.1 Å². The van der Waals surface area contributed by atoms with Crippen LogP contribution < -0.4 is 0 Å². The third-order valence-electron chi connectivity index (χ3n) is 12.0. The lowest BCUT2D eigenvalue weighted by Gasteiger charge is -2.51. The molecule has 0 amide bonds. The number of carbonyl (C=O) groups is 2. The van der Waals surface area contributed by atoms with Crippen molar-refractivity contribution in [2.75, 3.05) is 7.11 Å². The van der Waals surface area contributed by atoms with Gasteiger partial charge in [0.05, 0.1) is 32.0 Å². The molecule has 0 saturated carbocycles. The molecule has 2 saturated heterocycles. The predicted octanol–water partition coefficient (Wildman–Crippen LogP) is 8.77. The Morgan fingerprint density at radius 3 is 1.90 bits per heavy atom.